The highest BCUT2D eigenvalue weighted by molar-refractivity contribution is 7.89. The second-order valence-electron chi connectivity index (χ2n) is 5.05. The van der Waals surface area contributed by atoms with Gasteiger partial charge in [0.2, 0.25) is 10.0 Å². The predicted molar refractivity (Wildman–Crippen MR) is 74.1 cm³/mol. The van der Waals surface area contributed by atoms with E-state index in [1.165, 1.54) is 12.4 Å². The predicted octanol–water partition coefficient (Wildman–Crippen LogP) is 0.628. The zero-order chi connectivity index (χ0) is 15.2. The van der Waals surface area contributed by atoms with Crippen molar-refractivity contribution < 1.29 is 13.0 Å². The third kappa shape index (κ3) is 2.07. The Morgan fingerprint density at radius 3 is 3.14 bits per heavy atom. The first-order valence-corrected chi connectivity index (χ1v) is 8.25. The van der Waals surface area contributed by atoms with Gasteiger partial charge in [0.1, 0.15) is 22.6 Å². The summed E-state index contributed by atoms with van der Waals surface area (Å²) in [5, 5.41) is 11.4. The second-order valence-corrected chi connectivity index (χ2v) is 6.73. The highest BCUT2D eigenvalue weighted by Crippen LogP contribution is 2.26. The van der Waals surface area contributed by atoms with Gasteiger partial charge in [-0.1, -0.05) is 6.07 Å². The quantitative estimate of drug-likeness (QED) is 0.752. The van der Waals surface area contributed by atoms with Crippen molar-refractivity contribution in [3.8, 4) is 0 Å². The molecule has 2 aromatic heterocycles. The van der Waals surface area contributed by atoms with Gasteiger partial charge < -0.3 is 0 Å². The molecule has 22 heavy (non-hydrogen) atoms. The van der Waals surface area contributed by atoms with Gasteiger partial charge in [-0.3, -0.25) is 0 Å². The SMILES string of the molecule is O=S(=O)(N[C@@H]1CCCn2ncnc21)c1cccc2nonc12. The fourth-order valence-electron chi connectivity index (χ4n) is 2.65. The molecule has 1 aromatic carbocycles. The van der Waals surface area contributed by atoms with Crippen molar-refractivity contribution in [2.75, 3.05) is 0 Å². The third-order valence-corrected chi connectivity index (χ3v) is 5.16. The summed E-state index contributed by atoms with van der Waals surface area (Å²) >= 11 is 0. The molecule has 4 rings (SSSR count). The standard InChI is InChI=1S/C12H12N6O3S/c19-22(20,10-5-1-3-8-11(10)16-21-15-8)17-9-4-2-6-18-12(9)13-7-14-18/h1,3,5,7,9,17H,2,4,6H2/t9-/m1/s1. The smallest absolute Gasteiger partial charge is 0.243 e. The second kappa shape index (κ2) is 4.85. The molecule has 0 aliphatic carbocycles. The molecule has 0 bridgehead atoms. The number of aromatic nitrogens is 5. The number of aryl methyl sites for hydroxylation is 1. The normalized spacial score (nSPS) is 18.5. The number of nitrogens with one attached hydrogen (secondary N) is 1. The van der Waals surface area contributed by atoms with Crippen LogP contribution in [-0.4, -0.2) is 33.5 Å². The maximum atomic E-state index is 12.7. The van der Waals surface area contributed by atoms with Crippen LogP contribution in [0.4, 0.5) is 0 Å². The summed E-state index contributed by atoms with van der Waals surface area (Å²) in [6.45, 7) is 0.746. The maximum absolute atomic E-state index is 12.7. The summed E-state index contributed by atoms with van der Waals surface area (Å²) in [5.74, 6) is 0.625. The molecule has 0 saturated heterocycles. The summed E-state index contributed by atoms with van der Waals surface area (Å²) in [6, 6.07) is 4.31. The zero-order valence-corrected chi connectivity index (χ0v) is 12.2. The molecule has 3 aromatic rings. The summed E-state index contributed by atoms with van der Waals surface area (Å²) < 4.78 is 34.3. The van der Waals surface area contributed by atoms with E-state index in [0.717, 1.165) is 13.0 Å². The maximum Gasteiger partial charge on any atom is 0.243 e. The molecule has 3 heterocycles. The Balaban J connectivity index is 1.73. The lowest BCUT2D eigenvalue weighted by atomic mass is 10.1. The van der Waals surface area contributed by atoms with Crippen molar-refractivity contribution in [2.24, 2.45) is 0 Å². The van der Waals surface area contributed by atoms with E-state index in [4.69, 9.17) is 0 Å². The van der Waals surface area contributed by atoms with Crippen LogP contribution in [0.3, 0.4) is 0 Å². The van der Waals surface area contributed by atoms with E-state index < -0.39 is 16.1 Å². The number of benzene rings is 1. The molecular formula is C12H12N6O3S. The summed E-state index contributed by atoms with van der Waals surface area (Å²) in [4.78, 5) is 4.19. The van der Waals surface area contributed by atoms with Gasteiger partial charge in [0, 0.05) is 6.54 Å². The Bertz CT molecular complexity index is 931. The molecule has 1 atom stereocenters. The fourth-order valence-corrected chi connectivity index (χ4v) is 4.03. The molecule has 114 valence electrons. The van der Waals surface area contributed by atoms with Crippen LogP contribution < -0.4 is 4.72 Å². The van der Waals surface area contributed by atoms with Crippen LogP contribution in [0.2, 0.25) is 0 Å². The van der Waals surface area contributed by atoms with E-state index >= 15 is 0 Å². The molecule has 1 aliphatic heterocycles. The average molecular weight is 320 g/mol. The molecular weight excluding hydrogens is 308 g/mol. The lowest BCUT2D eigenvalue weighted by Crippen LogP contribution is -2.33. The van der Waals surface area contributed by atoms with Gasteiger partial charge in [-0.15, -0.1) is 0 Å². The van der Waals surface area contributed by atoms with Crippen LogP contribution in [0.5, 0.6) is 0 Å². The van der Waals surface area contributed by atoms with Gasteiger partial charge in [-0.2, -0.15) is 5.10 Å². The van der Waals surface area contributed by atoms with E-state index in [0.29, 0.717) is 17.8 Å². The third-order valence-electron chi connectivity index (χ3n) is 3.66. The van der Waals surface area contributed by atoms with E-state index in [2.05, 4.69) is 29.7 Å². The van der Waals surface area contributed by atoms with Crippen molar-refractivity contribution in [1.82, 2.24) is 29.8 Å². The lowest BCUT2D eigenvalue weighted by Gasteiger charge is -2.22. The first-order chi connectivity index (χ1) is 10.6. The number of hydrogen-bond donors (Lipinski definition) is 1. The van der Waals surface area contributed by atoms with Crippen molar-refractivity contribution >= 4 is 21.1 Å². The van der Waals surface area contributed by atoms with Crippen molar-refractivity contribution in [2.45, 2.75) is 30.3 Å². The summed E-state index contributed by atoms with van der Waals surface area (Å²) in [6.07, 6.45) is 2.94. The lowest BCUT2D eigenvalue weighted by molar-refractivity contribution is 0.315. The molecule has 0 saturated carbocycles. The van der Waals surface area contributed by atoms with E-state index in [1.54, 1.807) is 16.8 Å². The first-order valence-electron chi connectivity index (χ1n) is 6.76. The molecule has 9 nitrogen and oxygen atoms in total. The Morgan fingerprint density at radius 1 is 1.32 bits per heavy atom. The molecule has 0 spiro atoms. The number of hydrogen-bond acceptors (Lipinski definition) is 7. The molecule has 10 heteroatoms. The van der Waals surface area contributed by atoms with Gasteiger partial charge in [-0.05, 0) is 35.3 Å². The molecule has 0 fully saturated rings. The van der Waals surface area contributed by atoms with Crippen LogP contribution in [-0.2, 0) is 16.6 Å². The van der Waals surface area contributed by atoms with Crippen LogP contribution >= 0.6 is 0 Å². The van der Waals surface area contributed by atoms with Gasteiger partial charge in [0.15, 0.2) is 5.52 Å². The van der Waals surface area contributed by atoms with Gasteiger partial charge >= 0.3 is 0 Å². The Morgan fingerprint density at radius 2 is 2.23 bits per heavy atom. The minimum absolute atomic E-state index is 0.0443. The largest absolute Gasteiger partial charge is 0.248 e. The van der Waals surface area contributed by atoms with Crippen molar-refractivity contribution in [3.05, 3.63) is 30.4 Å². The van der Waals surface area contributed by atoms with Gasteiger partial charge in [0.25, 0.3) is 0 Å². The van der Waals surface area contributed by atoms with E-state index in [1.807, 2.05) is 0 Å². The minimum atomic E-state index is -3.77. The van der Waals surface area contributed by atoms with Gasteiger partial charge in [0.05, 0.1) is 6.04 Å². The summed E-state index contributed by atoms with van der Waals surface area (Å²) in [7, 11) is -3.77. The Labute approximate surface area is 125 Å². The Kier molecular flexibility index (Phi) is 2.94. The first kappa shape index (κ1) is 13.3. The van der Waals surface area contributed by atoms with Crippen molar-refractivity contribution in [3.63, 3.8) is 0 Å². The number of sulfonamides is 1. The average Bonchev–Trinajstić information content (AvgIpc) is 3.15. The topological polar surface area (TPSA) is 116 Å². The van der Waals surface area contributed by atoms with Crippen LogP contribution in [0.1, 0.15) is 24.7 Å². The Hall–Kier alpha value is -2.33. The van der Waals surface area contributed by atoms with Gasteiger partial charge in [-0.25, -0.2) is 27.4 Å². The van der Waals surface area contributed by atoms with Crippen LogP contribution in [0.15, 0.2) is 34.1 Å². The van der Waals surface area contributed by atoms with Crippen LogP contribution in [0, 0.1) is 0 Å². The fraction of sp³-hybridized carbons (Fsp3) is 0.333. The number of fused-ring (bicyclic) bond motifs is 2. The molecule has 1 aliphatic rings. The van der Waals surface area contributed by atoms with E-state index in [-0.39, 0.29) is 10.4 Å². The van der Waals surface area contributed by atoms with Crippen LogP contribution in [0.25, 0.3) is 11.0 Å². The number of rotatable bonds is 3. The van der Waals surface area contributed by atoms with Crippen molar-refractivity contribution in [1.29, 1.82) is 0 Å². The highest BCUT2D eigenvalue weighted by atomic mass is 32.2. The molecule has 1 N–H and O–H groups in total. The monoisotopic (exact) mass is 320 g/mol. The summed E-state index contributed by atoms with van der Waals surface area (Å²) in [5.41, 5.74) is 0.613. The molecule has 0 amide bonds. The number of nitrogens with zero attached hydrogens (tertiary/aromatic N) is 5. The molecule has 0 unspecified atom stereocenters. The minimum Gasteiger partial charge on any atom is -0.248 e. The molecule has 0 radical (unpaired) electrons. The van der Waals surface area contributed by atoms with E-state index in [9.17, 15) is 8.42 Å². The zero-order valence-electron chi connectivity index (χ0n) is 11.4. The highest BCUT2D eigenvalue weighted by Gasteiger charge is 2.29.